The number of aromatic amines is 1. The van der Waals surface area contributed by atoms with Crippen LogP contribution in [-0.2, 0) is 22.6 Å². The lowest BCUT2D eigenvalue weighted by atomic mass is 10.0. The minimum atomic E-state index is -4.52. The molecule has 0 radical (unpaired) electrons. The monoisotopic (exact) mass is 437 g/mol. The van der Waals surface area contributed by atoms with Crippen LogP contribution in [0.1, 0.15) is 24.0 Å². The van der Waals surface area contributed by atoms with Crippen LogP contribution < -0.4 is 4.72 Å². The van der Waals surface area contributed by atoms with E-state index in [1.165, 1.54) is 6.42 Å². The summed E-state index contributed by atoms with van der Waals surface area (Å²) >= 11 is 0. The zero-order valence-electron chi connectivity index (χ0n) is 16.3. The lowest BCUT2D eigenvalue weighted by molar-refractivity contribution is -0.137. The molecule has 3 aromatic rings. The average molecular weight is 437 g/mol. The quantitative estimate of drug-likeness (QED) is 0.612. The van der Waals surface area contributed by atoms with Gasteiger partial charge in [-0.1, -0.05) is 0 Å². The van der Waals surface area contributed by atoms with Gasteiger partial charge >= 0.3 is 6.18 Å². The van der Waals surface area contributed by atoms with Gasteiger partial charge in [-0.05, 0) is 80.9 Å². The lowest BCUT2D eigenvalue weighted by Gasteiger charge is -2.18. The fourth-order valence-corrected chi connectivity index (χ4v) is 4.99. The van der Waals surface area contributed by atoms with E-state index in [0.29, 0.717) is 11.7 Å². The summed E-state index contributed by atoms with van der Waals surface area (Å²) in [5, 5.41) is 0.933. The van der Waals surface area contributed by atoms with E-state index >= 15 is 0 Å². The van der Waals surface area contributed by atoms with Crippen molar-refractivity contribution in [2.45, 2.75) is 36.4 Å². The first-order valence-corrected chi connectivity index (χ1v) is 11.1. The zero-order valence-corrected chi connectivity index (χ0v) is 17.1. The molecule has 1 aromatic heterocycles. The molecule has 0 spiro atoms. The molecule has 2 heterocycles. The fourth-order valence-electron chi connectivity index (χ4n) is 3.94. The highest BCUT2D eigenvalue weighted by Gasteiger charge is 2.30. The first-order valence-electron chi connectivity index (χ1n) is 9.64. The molecule has 9 heteroatoms. The predicted molar refractivity (Wildman–Crippen MR) is 110 cm³/mol. The van der Waals surface area contributed by atoms with Gasteiger partial charge in [0.2, 0.25) is 0 Å². The Morgan fingerprint density at radius 3 is 2.53 bits per heavy atom. The van der Waals surface area contributed by atoms with Gasteiger partial charge in [0.05, 0.1) is 10.5 Å². The number of halogens is 3. The van der Waals surface area contributed by atoms with Gasteiger partial charge in [0.1, 0.15) is 0 Å². The number of nitrogens with zero attached hydrogens (tertiary/aromatic N) is 1. The molecular weight excluding hydrogens is 415 g/mol. The maximum Gasteiger partial charge on any atom is 0.416 e. The van der Waals surface area contributed by atoms with Gasteiger partial charge in [-0.25, -0.2) is 8.42 Å². The molecule has 1 fully saturated rings. The molecule has 0 amide bonds. The molecule has 4 rings (SSSR count). The van der Waals surface area contributed by atoms with Crippen LogP contribution in [0.2, 0.25) is 0 Å². The second-order valence-electron chi connectivity index (χ2n) is 7.68. The Labute approximate surface area is 172 Å². The Bertz CT molecular complexity index is 1150. The Balaban J connectivity index is 1.57. The van der Waals surface area contributed by atoms with Crippen LogP contribution >= 0.6 is 0 Å². The van der Waals surface area contributed by atoms with E-state index in [4.69, 9.17) is 0 Å². The molecule has 30 heavy (non-hydrogen) atoms. The number of likely N-dealkylation sites (tertiary alicyclic amines) is 1. The molecule has 0 aliphatic carbocycles. The number of H-pyrrole nitrogens is 1. The molecule has 1 aliphatic heterocycles. The smallest absolute Gasteiger partial charge is 0.361 e. The summed E-state index contributed by atoms with van der Waals surface area (Å²) in [6, 6.07) is 9.09. The minimum Gasteiger partial charge on any atom is -0.361 e. The number of rotatable bonds is 5. The second-order valence-corrected chi connectivity index (χ2v) is 9.37. The molecule has 5 nitrogen and oxygen atoms in total. The number of hydrogen-bond acceptors (Lipinski definition) is 3. The van der Waals surface area contributed by atoms with E-state index in [9.17, 15) is 21.6 Å². The molecular formula is C21H22F3N3O2S. The van der Waals surface area contributed by atoms with Crippen LogP contribution in [0, 0.1) is 0 Å². The van der Waals surface area contributed by atoms with Gasteiger partial charge in [-0.3, -0.25) is 4.72 Å². The number of likely N-dealkylation sites (N-methyl/N-ethyl adjacent to an activating group) is 1. The molecule has 2 N–H and O–H groups in total. The van der Waals surface area contributed by atoms with Gasteiger partial charge in [-0.15, -0.1) is 0 Å². The molecule has 1 saturated heterocycles. The Morgan fingerprint density at radius 2 is 1.90 bits per heavy atom. The molecule has 0 unspecified atom stereocenters. The maximum atomic E-state index is 12.7. The van der Waals surface area contributed by atoms with Crippen molar-refractivity contribution in [2.24, 2.45) is 0 Å². The zero-order chi connectivity index (χ0) is 21.5. The van der Waals surface area contributed by atoms with Gasteiger partial charge < -0.3 is 9.88 Å². The number of anilines is 1. The molecule has 160 valence electrons. The third kappa shape index (κ3) is 4.17. The summed E-state index contributed by atoms with van der Waals surface area (Å²) in [5.41, 5.74) is 1.49. The minimum absolute atomic E-state index is 0.225. The van der Waals surface area contributed by atoms with E-state index in [-0.39, 0.29) is 4.90 Å². The van der Waals surface area contributed by atoms with Crippen molar-refractivity contribution in [1.82, 2.24) is 9.88 Å². The topological polar surface area (TPSA) is 65.2 Å². The fraction of sp³-hybridized carbons (Fsp3) is 0.333. The number of aromatic nitrogens is 1. The maximum absolute atomic E-state index is 12.7. The second kappa shape index (κ2) is 7.63. The Kier molecular flexibility index (Phi) is 5.27. The number of alkyl halides is 3. The highest BCUT2D eigenvalue weighted by molar-refractivity contribution is 7.92. The normalized spacial score (nSPS) is 18.2. The SMILES string of the molecule is CN1CCC[C@@H]1Cc1c[nH]c2ccc(NS(=O)(=O)c3ccc(C(F)(F)F)cc3)cc12. The summed E-state index contributed by atoms with van der Waals surface area (Å²) in [4.78, 5) is 5.32. The van der Waals surface area contributed by atoms with Crippen LogP contribution in [-0.4, -0.2) is 37.9 Å². The lowest BCUT2D eigenvalue weighted by Crippen LogP contribution is -2.26. The van der Waals surface area contributed by atoms with Crippen molar-refractivity contribution in [3.05, 3.63) is 59.8 Å². The van der Waals surface area contributed by atoms with E-state index in [2.05, 4.69) is 21.7 Å². The van der Waals surface area contributed by atoms with Gasteiger partial charge in [0, 0.05) is 28.8 Å². The van der Waals surface area contributed by atoms with Crippen LogP contribution in [0.4, 0.5) is 18.9 Å². The molecule has 0 bridgehead atoms. The van der Waals surface area contributed by atoms with Crippen LogP contribution in [0.3, 0.4) is 0 Å². The first-order chi connectivity index (χ1) is 14.1. The van der Waals surface area contributed by atoms with E-state index in [0.717, 1.165) is 60.1 Å². The number of hydrogen-bond donors (Lipinski definition) is 2. The van der Waals surface area contributed by atoms with E-state index in [1.807, 2.05) is 6.20 Å². The number of benzene rings is 2. The van der Waals surface area contributed by atoms with Crippen molar-refractivity contribution in [1.29, 1.82) is 0 Å². The van der Waals surface area contributed by atoms with Gasteiger partial charge in [-0.2, -0.15) is 13.2 Å². The largest absolute Gasteiger partial charge is 0.416 e. The highest BCUT2D eigenvalue weighted by atomic mass is 32.2. The van der Waals surface area contributed by atoms with Crippen LogP contribution in [0.25, 0.3) is 10.9 Å². The summed E-state index contributed by atoms with van der Waals surface area (Å²) in [5.74, 6) is 0. The third-order valence-corrected chi connectivity index (χ3v) is 7.04. The summed E-state index contributed by atoms with van der Waals surface area (Å²) in [6.07, 6.45) is 0.598. The molecule has 1 aliphatic rings. The van der Waals surface area contributed by atoms with Crippen molar-refractivity contribution >= 4 is 26.6 Å². The number of fused-ring (bicyclic) bond motifs is 1. The van der Waals surface area contributed by atoms with E-state index in [1.54, 1.807) is 18.2 Å². The van der Waals surface area contributed by atoms with Gasteiger partial charge in [0.15, 0.2) is 0 Å². The number of sulfonamides is 1. The van der Waals surface area contributed by atoms with Crippen molar-refractivity contribution in [3.8, 4) is 0 Å². The van der Waals surface area contributed by atoms with Crippen molar-refractivity contribution in [3.63, 3.8) is 0 Å². The predicted octanol–water partition coefficient (Wildman–Crippen LogP) is 4.62. The van der Waals surface area contributed by atoms with Gasteiger partial charge in [0.25, 0.3) is 10.0 Å². The summed E-state index contributed by atoms with van der Waals surface area (Å²) in [7, 11) is -1.90. The number of nitrogens with one attached hydrogen (secondary N) is 2. The van der Waals surface area contributed by atoms with Crippen molar-refractivity contribution in [2.75, 3.05) is 18.3 Å². The van der Waals surface area contributed by atoms with Crippen molar-refractivity contribution < 1.29 is 21.6 Å². The highest BCUT2D eigenvalue weighted by Crippen LogP contribution is 2.31. The average Bonchev–Trinajstić information content (AvgIpc) is 3.27. The van der Waals surface area contributed by atoms with Crippen LogP contribution in [0.15, 0.2) is 53.6 Å². The Hall–Kier alpha value is -2.52. The molecule has 1 atom stereocenters. The van der Waals surface area contributed by atoms with E-state index < -0.39 is 21.8 Å². The van der Waals surface area contributed by atoms with Crippen LogP contribution in [0.5, 0.6) is 0 Å². The Morgan fingerprint density at radius 1 is 1.17 bits per heavy atom. The standard InChI is InChI=1S/C21H22F3N3O2S/c1-27-10-2-3-17(27)11-14-13-25-20-9-6-16(12-19(14)20)26-30(28,29)18-7-4-15(5-8-18)21(22,23)24/h4-9,12-13,17,25-26H,2-3,10-11H2,1H3/t17-/m1/s1. The molecule has 2 aromatic carbocycles. The first kappa shape index (κ1) is 20.7. The summed E-state index contributed by atoms with van der Waals surface area (Å²) < 4.78 is 65.9. The third-order valence-electron chi connectivity index (χ3n) is 5.64. The molecule has 0 saturated carbocycles. The summed E-state index contributed by atoms with van der Waals surface area (Å²) in [6.45, 7) is 1.07.